The van der Waals surface area contributed by atoms with Gasteiger partial charge in [0.15, 0.2) is 0 Å². The van der Waals surface area contributed by atoms with Crippen LogP contribution in [0, 0.1) is 26.7 Å². The van der Waals surface area contributed by atoms with E-state index in [0.717, 1.165) is 11.3 Å². The third kappa shape index (κ3) is 4.47. The third-order valence-electron chi connectivity index (χ3n) is 4.87. The van der Waals surface area contributed by atoms with Crippen LogP contribution in [0.15, 0.2) is 34.1 Å². The molecule has 0 saturated carbocycles. The molecule has 0 saturated heterocycles. The quantitative estimate of drug-likeness (QED) is 0.675. The summed E-state index contributed by atoms with van der Waals surface area (Å²) in [6.07, 6.45) is 0.708. The van der Waals surface area contributed by atoms with Crippen molar-refractivity contribution < 1.29 is 17.9 Å². The Bertz CT molecular complexity index is 942. The second-order valence-corrected chi connectivity index (χ2v) is 9.23. The van der Waals surface area contributed by atoms with Crippen LogP contribution in [0.5, 0.6) is 0 Å². The van der Waals surface area contributed by atoms with Crippen molar-refractivity contribution in [3.05, 3.63) is 41.1 Å². The maximum Gasteiger partial charge on any atom is 0.228 e. The van der Waals surface area contributed by atoms with Crippen molar-refractivity contribution >= 4 is 21.6 Å². The number of benzene rings is 1. The van der Waals surface area contributed by atoms with Gasteiger partial charge in [-0.05, 0) is 44.9 Å². The molecule has 2 rings (SSSR count). The summed E-state index contributed by atoms with van der Waals surface area (Å²) >= 11 is 0. The number of carbonyl (C=O) groups is 1. The fourth-order valence-electron chi connectivity index (χ4n) is 3.03. The van der Waals surface area contributed by atoms with Gasteiger partial charge in [0.05, 0.1) is 4.90 Å². The summed E-state index contributed by atoms with van der Waals surface area (Å²) in [7, 11) is -2.16. The number of amides is 1. The standard InChI is InChI=1S/C21H30N2O4S/c1-14(2)21(24)22-20-19(16(4)17(5)23(20)12-7-13-27-6)28(25,26)18-10-8-15(3)9-11-18/h8-11,14H,7,12-13H2,1-6H3,(H,22,24). The molecule has 1 aromatic carbocycles. The van der Waals surface area contributed by atoms with Crippen LogP contribution in [0.4, 0.5) is 5.82 Å². The lowest BCUT2D eigenvalue weighted by Gasteiger charge is -2.15. The zero-order chi connectivity index (χ0) is 21.1. The van der Waals surface area contributed by atoms with E-state index in [1.165, 1.54) is 0 Å². The molecular formula is C21H30N2O4S. The van der Waals surface area contributed by atoms with Crippen molar-refractivity contribution in [3.63, 3.8) is 0 Å². The van der Waals surface area contributed by atoms with Crippen LogP contribution in [-0.2, 0) is 25.9 Å². The maximum absolute atomic E-state index is 13.4. The molecule has 0 aliphatic rings. The Morgan fingerprint density at radius 3 is 2.29 bits per heavy atom. The number of ether oxygens (including phenoxy) is 1. The van der Waals surface area contributed by atoms with Crippen molar-refractivity contribution in [2.24, 2.45) is 5.92 Å². The highest BCUT2D eigenvalue weighted by atomic mass is 32.2. The molecule has 0 fully saturated rings. The van der Waals surface area contributed by atoms with Crippen molar-refractivity contribution in [3.8, 4) is 0 Å². The summed E-state index contributed by atoms with van der Waals surface area (Å²) in [5.41, 5.74) is 2.45. The Labute approximate surface area is 167 Å². The van der Waals surface area contributed by atoms with Gasteiger partial charge in [-0.15, -0.1) is 0 Å². The van der Waals surface area contributed by atoms with E-state index in [-0.39, 0.29) is 21.6 Å². The maximum atomic E-state index is 13.4. The molecule has 1 aromatic heterocycles. The molecule has 0 aliphatic carbocycles. The highest BCUT2D eigenvalue weighted by Gasteiger charge is 2.30. The fraction of sp³-hybridized carbons (Fsp3) is 0.476. The molecule has 154 valence electrons. The molecular weight excluding hydrogens is 376 g/mol. The van der Waals surface area contributed by atoms with Crippen LogP contribution in [0.25, 0.3) is 0 Å². The number of nitrogens with zero attached hydrogens (tertiary/aromatic N) is 1. The van der Waals surface area contributed by atoms with Gasteiger partial charge in [0, 0.05) is 31.9 Å². The Morgan fingerprint density at radius 1 is 1.14 bits per heavy atom. The molecule has 2 aromatic rings. The number of rotatable bonds is 8. The first kappa shape index (κ1) is 22.2. The van der Waals surface area contributed by atoms with E-state index in [4.69, 9.17) is 4.74 Å². The molecule has 0 atom stereocenters. The van der Waals surface area contributed by atoms with Gasteiger partial charge in [0.2, 0.25) is 15.7 Å². The number of hydrogen-bond donors (Lipinski definition) is 1. The van der Waals surface area contributed by atoms with Gasteiger partial charge in [-0.25, -0.2) is 8.42 Å². The number of aryl methyl sites for hydroxylation is 1. The van der Waals surface area contributed by atoms with E-state index in [1.54, 1.807) is 52.1 Å². The number of hydrogen-bond acceptors (Lipinski definition) is 4. The summed E-state index contributed by atoms with van der Waals surface area (Å²) in [6, 6.07) is 6.76. The van der Waals surface area contributed by atoms with E-state index < -0.39 is 9.84 Å². The largest absolute Gasteiger partial charge is 0.385 e. The molecule has 0 spiro atoms. The highest BCUT2D eigenvalue weighted by Crippen LogP contribution is 2.35. The van der Waals surface area contributed by atoms with Crippen molar-refractivity contribution in [1.82, 2.24) is 4.57 Å². The lowest BCUT2D eigenvalue weighted by atomic mass is 10.2. The van der Waals surface area contributed by atoms with E-state index >= 15 is 0 Å². The number of methoxy groups -OCH3 is 1. The molecule has 1 N–H and O–H groups in total. The van der Waals surface area contributed by atoms with Crippen molar-refractivity contribution in [2.45, 2.75) is 57.4 Å². The Kier molecular flexibility index (Phi) is 7.06. The van der Waals surface area contributed by atoms with Gasteiger partial charge in [0.1, 0.15) is 10.7 Å². The third-order valence-corrected chi connectivity index (χ3v) is 6.80. The van der Waals surface area contributed by atoms with Gasteiger partial charge >= 0.3 is 0 Å². The molecule has 7 heteroatoms. The SMILES string of the molecule is COCCCn1c(C)c(C)c(S(=O)(=O)c2ccc(C)cc2)c1NC(=O)C(C)C. The Hall–Kier alpha value is -2.12. The zero-order valence-corrected chi connectivity index (χ0v) is 18.3. The molecule has 1 heterocycles. The molecule has 0 bridgehead atoms. The topological polar surface area (TPSA) is 77.4 Å². The first-order chi connectivity index (χ1) is 13.1. The van der Waals surface area contributed by atoms with Crippen LogP contribution in [-0.4, -0.2) is 32.6 Å². The van der Waals surface area contributed by atoms with Gasteiger partial charge in [0.25, 0.3) is 0 Å². The summed E-state index contributed by atoms with van der Waals surface area (Å²) in [4.78, 5) is 12.8. The van der Waals surface area contributed by atoms with Crippen molar-refractivity contribution in [1.29, 1.82) is 0 Å². The summed E-state index contributed by atoms with van der Waals surface area (Å²) < 4.78 is 33.9. The highest BCUT2D eigenvalue weighted by molar-refractivity contribution is 7.91. The lowest BCUT2D eigenvalue weighted by molar-refractivity contribution is -0.118. The number of nitrogens with one attached hydrogen (secondary N) is 1. The normalized spacial score (nSPS) is 11.8. The van der Waals surface area contributed by atoms with Crippen molar-refractivity contribution in [2.75, 3.05) is 19.0 Å². The van der Waals surface area contributed by atoms with Gasteiger partial charge < -0.3 is 14.6 Å². The average molecular weight is 407 g/mol. The number of anilines is 1. The second-order valence-electron chi connectivity index (χ2n) is 7.35. The van der Waals surface area contributed by atoms with Crippen LogP contribution in [0.1, 0.15) is 37.1 Å². The monoisotopic (exact) mass is 406 g/mol. The molecule has 0 radical (unpaired) electrons. The molecule has 28 heavy (non-hydrogen) atoms. The predicted molar refractivity (Wildman–Crippen MR) is 110 cm³/mol. The van der Waals surface area contributed by atoms with E-state index in [0.29, 0.717) is 31.0 Å². The van der Waals surface area contributed by atoms with Crippen LogP contribution in [0.3, 0.4) is 0 Å². The first-order valence-electron chi connectivity index (χ1n) is 9.42. The summed E-state index contributed by atoms with van der Waals surface area (Å²) in [6.45, 7) is 10.2. The molecule has 1 amide bonds. The summed E-state index contributed by atoms with van der Waals surface area (Å²) in [5.74, 6) is -0.144. The fourth-order valence-corrected chi connectivity index (χ4v) is 4.73. The number of carbonyl (C=O) groups excluding carboxylic acids is 1. The Morgan fingerprint density at radius 2 is 1.75 bits per heavy atom. The van der Waals surface area contributed by atoms with Gasteiger partial charge in [-0.2, -0.15) is 0 Å². The minimum Gasteiger partial charge on any atom is -0.385 e. The minimum absolute atomic E-state index is 0.167. The minimum atomic E-state index is -3.79. The number of aromatic nitrogens is 1. The van der Waals surface area contributed by atoms with Gasteiger partial charge in [-0.3, -0.25) is 4.79 Å². The lowest BCUT2D eigenvalue weighted by Crippen LogP contribution is -2.22. The Balaban J connectivity index is 2.65. The van der Waals surface area contributed by atoms with Crippen LogP contribution in [0.2, 0.25) is 0 Å². The molecule has 6 nitrogen and oxygen atoms in total. The number of sulfone groups is 1. The van der Waals surface area contributed by atoms with Crippen LogP contribution >= 0.6 is 0 Å². The first-order valence-corrected chi connectivity index (χ1v) is 10.9. The zero-order valence-electron chi connectivity index (χ0n) is 17.5. The van der Waals surface area contributed by atoms with E-state index in [1.807, 2.05) is 18.4 Å². The smallest absolute Gasteiger partial charge is 0.228 e. The van der Waals surface area contributed by atoms with E-state index in [2.05, 4.69) is 5.32 Å². The molecule has 0 aliphatic heterocycles. The van der Waals surface area contributed by atoms with Crippen LogP contribution < -0.4 is 5.32 Å². The average Bonchev–Trinajstić information content (AvgIpc) is 2.87. The molecule has 0 unspecified atom stereocenters. The van der Waals surface area contributed by atoms with Gasteiger partial charge in [-0.1, -0.05) is 31.5 Å². The summed E-state index contributed by atoms with van der Waals surface area (Å²) in [5, 5.41) is 2.86. The van der Waals surface area contributed by atoms with E-state index in [9.17, 15) is 13.2 Å². The predicted octanol–water partition coefficient (Wildman–Crippen LogP) is 3.88. The second kappa shape index (κ2) is 8.92.